The number of nitrogens with zero attached hydrogens (tertiary/aromatic N) is 2. The molecule has 1 aromatic carbocycles. The average Bonchev–Trinajstić information content (AvgIpc) is 2.99. The Kier molecular flexibility index (Phi) is 4.05. The number of aromatic nitrogens is 1. The quantitative estimate of drug-likeness (QED) is 0.846. The van der Waals surface area contributed by atoms with Gasteiger partial charge in [0.2, 0.25) is 5.91 Å². The first-order chi connectivity index (χ1) is 11.3. The van der Waals surface area contributed by atoms with Crippen molar-refractivity contribution in [3.63, 3.8) is 0 Å². The largest absolute Gasteiger partial charge is 0.381 e. The van der Waals surface area contributed by atoms with E-state index in [2.05, 4.69) is 4.37 Å². The van der Waals surface area contributed by atoms with Crippen molar-refractivity contribution >= 4 is 27.5 Å². The molecule has 1 spiro atoms. The molecule has 0 saturated carbocycles. The summed E-state index contributed by atoms with van der Waals surface area (Å²) in [6.45, 7) is 3.40. The van der Waals surface area contributed by atoms with Gasteiger partial charge in [-0.2, -0.15) is 4.37 Å². The molecule has 0 unspecified atom stereocenters. The Hall–Kier alpha value is -1.50. The first-order valence-electron chi connectivity index (χ1n) is 8.09. The lowest BCUT2D eigenvalue weighted by Gasteiger charge is -2.44. The summed E-state index contributed by atoms with van der Waals surface area (Å²) < 4.78 is 17.1. The van der Waals surface area contributed by atoms with E-state index in [0.29, 0.717) is 26.1 Å². The standard InChI is InChI=1S/C17H20N2O3S/c20-16(11-14-13-3-1-2-4-15(13)23-18-14)19-7-10-22-17(12-19)5-8-21-9-6-17/h1-4H,5-12H2. The van der Waals surface area contributed by atoms with Crippen LogP contribution in [0.25, 0.3) is 10.1 Å². The Morgan fingerprint density at radius 2 is 2.09 bits per heavy atom. The monoisotopic (exact) mass is 332 g/mol. The molecule has 1 aromatic heterocycles. The third-order valence-corrected chi connectivity index (χ3v) is 5.64. The molecule has 3 heterocycles. The van der Waals surface area contributed by atoms with Gasteiger partial charge in [0.25, 0.3) is 0 Å². The highest BCUT2D eigenvalue weighted by Crippen LogP contribution is 2.30. The third-order valence-electron chi connectivity index (χ3n) is 4.78. The van der Waals surface area contributed by atoms with Crippen molar-refractivity contribution < 1.29 is 14.3 Å². The van der Waals surface area contributed by atoms with E-state index in [1.165, 1.54) is 11.5 Å². The number of hydrogen-bond donors (Lipinski definition) is 0. The van der Waals surface area contributed by atoms with Gasteiger partial charge in [0.05, 0.1) is 29.0 Å². The Labute approximate surface area is 139 Å². The number of morpholine rings is 1. The van der Waals surface area contributed by atoms with Gasteiger partial charge in [0, 0.05) is 44.5 Å². The highest BCUT2D eigenvalue weighted by Gasteiger charge is 2.39. The molecular weight excluding hydrogens is 312 g/mol. The minimum atomic E-state index is -0.198. The second-order valence-corrected chi connectivity index (χ2v) is 7.07. The summed E-state index contributed by atoms with van der Waals surface area (Å²) in [7, 11) is 0. The first-order valence-corrected chi connectivity index (χ1v) is 8.86. The van der Waals surface area contributed by atoms with E-state index in [9.17, 15) is 4.79 Å². The smallest absolute Gasteiger partial charge is 0.228 e. The van der Waals surface area contributed by atoms with Crippen molar-refractivity contribution in [2.45, 2.75) is 24.9 Å². The number of carbonyl (C=O) groups excluding carboxylic acids is 1. The molecule has 2 saturated heterocycles. The van der Waals surface area contributed by atoms with Gasteiger partial charge in [-0.1, -0.05) is 18.2 Å². The molecule has 0 atom stereocenters. The van der Waals surface area contributed by atoms with Crippen LogP contribution in [-0.2, 0) is 20.7 Å². The molecule has 5 nitrogen and oxygen atoms in total. The zero-order valence-corrected chi connectivity index (χ0v) is 13.8. The van der Waals surface area contributed by atoms with E-state index < -0.39 is 0 Å². The summed E-state index contributed by atoms with van der Waals surface area (Å²) in [6, 6.07) is 8.09. The predicted molar refractivity (Wildman–Crippen MR) is 88.6 cm³/mol. The fraction of sp³-hybridized carbons (Fsp3) is 0.529. The molecule has 4 rings (SSSR count). The third kappa shape index (κ3) is 2.98. The second kappa shape index (κ2) is 6.19. The van der Waals surface area contributed by atoms with Crippen LogP contribution in [0.3, 0.4) is 0 Å². The summed E-state index contributed by atoms with van der Waals surface area (Å²) in [6.07, 6.45) is 2.11. The van der Waals surface area contributed by atoms with Crippen LogP contribution in [0.1, 0.15) is 18.5 Å². The molecule has 0 aliphatic carbocycles. The summed E-state index contributed by atoms with van der Waals surface area (Å²) in [5.41, 5.74) is 0.694. The molecular formula is C17H20N2O3S. The number of amides is 1. The Bertz CT molecular complexity index is 703. The first kappa shape index (κ1) is 15.1. The molecule has 0 radical (unpaired) electrons. The van der Waals surface area contributed by atoms with Crippen LogP contribution in [0, 0.1) is 0 Å². The molecule has 23 heavy (non-hydrogen) atoms. The predicted octanol–water partition coefficient (Wildman–Crippen LogP) is 2.25. The molecule has 2 aliphatic heterocycles. The maximum Gasteiger partial charge on any atom is 0.228 e. The topological polar surface area (TPSA) is 51.7 Å². The molecule has 122 valence electrons. The van der Waals surface area contributed by atoms with Crippen LogP contribution < -0.4 is 0 Å². The lowest BCUT2D eigenvalue weighted by atomic mass is 9.92. The zero-order valence-electron chi connectivity index (χ0n) is 13.0. The van der Waals surface area contributed by atoms with Gasteiger partial charge >= 0.3 is 0 Å². The van der Waals surface area contributed by atoms with Gasteiger partial charge in [0.1, 0.15) is 0 Å². The van der Waals surface area contributed by atoms with Gasteiger partial charge in [-0.3, -0.25) is 4.79 Å². The van der Waals surface area contributed by atoms with E-state index in [1.807, 2.05) is 29.2 Å². The molecule has 0 bridgehead atoms. The van der Waals surface area contributed by atoms with Crippen LogP contribution in [0.15, 0.2) is 24.3 Å². The lowest BCUT2D eigenvalue weighted by molar-refractivity contribution is -0.167. The van der Waals surface area contributed by atoms with Gasteiger partial charge in [-0.25, -0.2) is 0 Å². The Balaban J connectivity index is 1.48. The Morgan fingerprint density at radius 1 is 1.26 bits per heavy atom. The normalized spacial score (nSPS) is 21.0. The summed E-state index contributed by atoms with van der Waals surface area (Å²) in [5, 5.41) is 1.10. The van der Waals surface area contributed by atoms with Crippen LogP contribution in [0.2, 0.25) is 0 Å². The van der Waals surface area contributed by atoms with Crippen molar-refractivity contribution in [3.8, 4) is 0 Å². The van der Waals surface area contributed by atoms with Crippen LogP contribution in [-0.4, -0.2) is 53.7 Å². The van der Waals surface area contributed by atoms with Crippen molar-refractivity contribution in [1.82, 2.24) is 9.27 Å². The van der Waals surface area contributed by atoms with Gasteiger partial charge in [0.15, 0.2) is 0 Å². The molecule has 2 aromatic rings. The maximum absolute atomic E-state index is 12.7. The SMILES string of the molecule is O=C(Cc1nsc2ccccc12)N1CCOC2(CCOCC2)C1. The maximum atomic E-state index is 12.7. The van der Waals surface area contributed by atoms with E-state index in [-0.39, 0.29) is 11.5 Å². The fourth-order valence-corrected chi connectivity index (χ4v) is 4.22. The zero-order chi connectivity index (χ0) is 15.7. The minimum Gasteiger partial charge on any atom is -0.381 e. The van der Waals surface area contributed by atoms with E-state index in [4.69, 9.17) is 9.47 Å². The van der Waals surface area contributed by atoms with Gasteiger partial charge in [-0.05, 0) is 17.6 Å². The van der Waals surface area contributed by atoms with E-state index >= 15 is 0 Å². The number of rotatable bonds is 2. The lowest BCUT2D eigenvalue weighted by Crippen LogP contribution is -2.56. The van der Waals surface area contributed by atoms with Gasteiger partial charge in [-0.15, -0.1) is 0 Å². The molecule has 2 aliphatic rings. The fourth-order valence-electron chi connectivity index (χ4n) is 3.42. The van der Waals surface area contributed by atoms with Crippen molar-refractivity contribution in [2.75, 3.05) is 32.9 Å². The van der Waals surface area contributed by atoms with Crippen LogP contribution in [0.4, 0.5) is 0 Å². The van der Waals surface area contributed by atoms with Crippen molar-refractivity contribution in [3.05, 3.63) is 30.0 Å². The number of benzene rings is 1. The highest BCUT2D eigenvalue weighted by molar-refractivity contribution is 7.13. The molecule has 6 heteroatoms. The van der Waals surface area contributed by atoms with Crippen molar-refractivity contribution in [2.24, 2.45) is 0 Å². The molecule has 0 N–H and O–H groups in total. The molecule has 1 amide bonds. The number of ether oxygens (including phenoxy) is 2. The number of hydrogen-bond acceptors (Lipinski definition) is 5. The van der Waals surface area contributed by atoms with Crippen molar-refractivity contribution in [1.29, 1.82) is 0 Å². The number of carbonyl (C=O) groups is 1. The Morgan fingerprint density at radius 3 is 2.96 bits per heavy atom. The van der Waals surface area contributed by atoms with Crippen LogP contribution in [0.5, 0.6) is 0 Å². The van der Waals surface area contributed by atoms with Crippen LogP contribution >= 0.6 is 11.5 Å². The second-order valence-electron chi connectivity index (χ2n) is 6.26. The summed E-state index contributed by atoms with van der Waals surface area (Å²) in [4.78, 5) is 14.7. The highest BCUT2D eigenvalue weighted by atomic mass is 32.1. The summed E-state index contributed by atoms with van der Waals surface area (Å²) >= 11 is 1.46. The van der Waals surface area contributed by atoms with Gasteiger partial charge < -0.3 is 14.4 Å². The van der Waals surface area contributed by atoms with E-state index in [0.717, 1.165) is 41.8 Å². The minimum absolute atomic E-state index is 0.148. The number of fused-ring (bicyclic) bond motifs is 1. The van der Waals surface area contributed by atoms with E-state index in [1.54, 1.807) is 0 Å². The molecule has 2 fully saturated rings. The summed E-state index contributed by atoms with van der Waals surface area (Å²) in [5.74, 6) is 0.148. The average molecular weight is 332 g/mol.